The maximum atomic E-state index is 13.3. The lowest BCUT2D eigenvalue weighted by Gasteiger charge is -2.30. The number of amides is 1. The van der Waals surface area contributed by atoms with Gasteiger partial charge in [-0.1, -0.05) is 11.6 Å². The Morgan fingerprint density at radius 1 is 1.21 bits per heavy atom. The maximum Gasteiger partial charge on any atom is 0.412 e. The Balaban J connectivity index is 0.000000212. The zero-order chi connectivity index (χ0) is 24.8. The molecule has 0 aliphatic carbocycles. The minimum atomic E-state index is -1.23. The number of hydrogen-bond donors (Lipinski definition) is 2. The van der Waals surface area contributed by atoms with Crippen LogP contribution in [0.1, 0.15) is 38.3 Å². The lowest BCUT2D eigenvalue weighted by Crippen LogP contribution is -2.35. The van der Waals surface area contributed by atoms with Crippen molar-refractivity contribution in [2.45, 2.75) is 39.0 Å². The van der Waals surface area contributed by atoms with E-state index in [1.54, 1.807) is 19.1 Å². The van der Waals surface area contributed by atoms with Crippen LogP contribution in [0.2, 0.25) is 5.02 Å². The first-order valence-corrected chi connectivity index (χ1v) is 11.4. The molecular formula is C24H29ClF2N4O3. The zero-order valence-corrected chi connectivity index (χ0v) is 20.1. The number of hydroxylamine groups is 1. The monoisotopic (exact) mass is 494 g/mol. The number of carboxylic acid groups (broad SMARTS) is 1. The fraction of sp³-hybridized carbons (Fsp3) is 0.417. The first kappa shape index (κ1) is 25.9. The molecule has 2 N–H and O–H groups in total. The Hall–Kier alpha value is -2.75. The third-order valence-electron chi connectivity index (χ3n) is 5.88. The van der Waals surface area contributed by atoms with E-state index in [4.69, 9.17) is 16.4 Å². The lowest BCUT2D eigenvalue weighted by atomic mass is 9.96. The average Bonchev–Trinajstić information content (AvgIpc) is 3.21. The van der Waals surface area contributed by atoms with Crippen LogP contribution in [0, 0.1) is 17.6 Å². The number of nitrogens with zero attached hydrogens (tertiary/aromatic N) is 3. The molecule has 2 aromatic rings. The summed E-state index contributed by atoms with van der Waals surface area (Å²) in [6.45, 7) is 5.82. The molecule has 0 radical (unpaired) electrons. The number of carbonyl (C=O) groups is 1. The van der Waals surface area contributed by atoms with Crippen molar-refractivity contribution < 1.29 is 23.5 Å². The number of anilines is 1. The van der Waals surface area contributed by atoms with Crippen molar-refractivity contribution in [1.29, 1.82) is 0 Å². The highest BCUT2D eigenvalue weighted by Gasteiger charge is 2.28. The van der Waals surface area contributed by atoms with Crippen molar-refractivity contribution in [1.82, 2.24) is 10.4 Å². The molecule has 7 nitrogen and oxygen atoms in total. The summed E-state index contributed by atoms with van der Waals surface area (Å²) in [5.74, 6) is 0.00154. The number of nitrogens with one attached hydrogen (secondary N) is 1. The Labute approximate surface area is 202 Å². The third-order valence-corrected chi connectivity index (χ3v) is 6.13. The quantitative estimate of drug-likeness (QED) is 0.589. The van der Waals surface area contributed by atoms with Crippen LogP contribution >= 0.6 is 11.6 Å². The molecule has 2 atom stereocenters. The highest BCUT2D eigenvalue weighted by Crippen LogP contribution is 2.29. The number of benzene rings is 2. The van der Waals surface area contributed by atoms with E-state index in [0.29, 0.717) is 16.6 Å². The van der Waals surface area contributed by atoms with Gasteiger partial charge in [0.1, 0.15) is 17.5 Å². The molecule has 1 unspecified atom stereocenters. The van der Waals surface area contributed by atoms with Gasteiger partial charge in [-0.2, -0.15) is 0 Å². The van der Waals surface area contributed by atoms with Gasteiger partial charge in [0.15, 0.2) is 6.23 Å². The predicted molar refractivity (Wildman–Crippen MR) is 128 cm³/mol. The SMILES string of the molecule is CC1=NC(C2CCN(C)CC2)ON1.C[C@H](c1cc(F)cc(F)c1)N(C(=O)O)c1ccc(Cl)cc1. The Morgan fingerprint density at radius 3 is 2.29 bits per heavy atom. The molecule has 2 aliphatic rings. The summed E-state index contributed by atoms with van der Waals surface area (Å²) in [6, 6.07) is 8.36. The van der Waals surface area contributed by atoms with E-state index in [-0.39, 0.29) is 11.8 Å². The van der Waals surface area contributed by atoms with Crippen LogP contribution in [0.5, 0.6) is 0 Å². The van der Waals surface area contributed by atoms with E-state index in [1.165, 1.54) is 38.1 Å². The van der Waals surface area contributed by atoms with E-state index in [9.17, 15) is 18.7 Å². The average molecular weight is 495 g/mol. The largest absolute Gasteiger partial charge is 0.465 e. The van der Waals surface area contributed by atoms with E-state index in [2.05, 4.69) is 22.4 Å². The second-order valence-electron chi connectivity index (χ2n) is 8.47. The summed E-state index contributed by atoms with van der Waals surface area (Å²) in [5, 5.41) is 9.84. The second kappa shape index (κ2) is 11.6. The highest BCUT2D eigenvalue weighted by molar-refractivity contribution is 6.30. The van der Waals surface area contributed by atoms with Crippen LogP contribution in [-0.4, -0.2) is 48.3 Å². The molecule has 10 heteroatoms. The number of amidine groups is 1. The van der Waals surface area contributed by atoms with Gasteiger partial charge >= 0.3 is 6.09 Å². The fourth-order valence-corrected chi connectivity index (χ4v) is 4.10. The number of piperidine rings is 1. The molecule has 1 saturated heterocycles. The lowest BCUT2D eigenvalue weighted by molar-refractivity contribution is -0.0158. The Morgan fingerprint density at radius 2 is 1.79 bits per heavy atom. The summed E-state index contributed by atoms with van der Waals surface area (Å²) in [6.07, 6.45) is 1.22. The van der Waals surface area contributed by atoms with Crippen molar-refractivity contribution in [2.75, 3.05) is 25.0 Å². The third kappa shape index (κ3) is 6.88. The highest BCUT2D eigenvalue weighted by atomic mass is 35.5. The molecule has 2 aromatic carbocycles. The standard InChI is InChI=1S/C15H12ClF2NO2.C9H17N3O/c1-9(10-6-12(17)8-13(18)7-10)19(15(20)21)14-4-2-11(16)3-5-14;1-7-10-9(13-11-7)8-3-5-12(2)6-4-8/h2-9H,1H3,(H,20,21);8-9H,3-6H2,1-2H3,(H,10,11)/t9-;/m1./s1. The number of rotatable bonds is 4. The topological polar surface area (TPSA) is 77.4 Å². The van der Waals surface area contributed by atoms with Crippen LogP contribution in [0.15, 0.2) is 47.5 Å². The van der Waals surface area contributed by atoms with Crippen molar-refractivity contribution in [3.05, 3.63) is 64.7 Å². The molecule has 1 fully saturated rings. The normalized spacial score (nSPS) is 19.5. The molecule has 2 aliphatic heterocycles. The molecule has 2 heterocycles. The van der Waals surface area contributed by atoms with Gasteiger partial charge in [0.25, 0.3) is 0 Å². The molecule has 0 spiro atoms. The first-order chi connectivity index (χ1) is 16.1. The van der Waals surface area contributed by atoms with E-state index in [0.717, 1.165) is 28.9 Å². The van der Waals surface area contributed by atoms with Crippen LogP contribution in [0.25, 0.3) is 0 Å². The molecule has 0 saturated carbocycles. The van der Waals surface area contributed by atoms with Crippen molar-refractivity contribution in [2.24, 2.45) is 10.9 Å². The first-order valence-electron chi connectivity index (χ1n) is 11.0. The predicted octanol–water partition coefficient (Wildman–Crippen LogP) is 5.47. The van der Waals surface area contributed by atoms with Gasteiger partial charge < -0.3 is 10.0 Å². The van der Waals surface area contributed by atoms with Crippen molar-refractivity contribution in [3.63, 3.8) is 0 Å². The zero-order valence-electron chi connectivity index (χ0n) is 19.3. The smallest absolute Gasteiger partial charge is 0.412 e. The summed E-state index contributed by atoms with van der Waals surface area (Å²) in [4.78, 5) is 24.6. The second-order valence-corrected chi connectivity index (χ2v) is 8.91. The molecular weight excluding hydrogens is 466 g/mol. The van der Waals surface area contributed by atoms with Gasteiger partial charge in [-0.25, -0.2) is 23.4 Å². The van der Waals surface area contributed by atoms with E-state index < -0.39 is 23.8 Å². The minimum Gasteiger partial charge on any atom is -0.465 e. The van der Waals surface area contributed by atoms with Crippen molar-refractivity contribution >= 4 is 29.2 Å². The van der Waals surface area contributed by atoms with E-state index in [1.807, 2.05) is 6.92 Å². The van der Waals surface area contributed by atoms with Crippen LogP contribution < -0.4 is 10.4 Å². The van der Waals surface area contributed by atoms with Crippen molar-refractivity contribution in [3.8, 4) is 0 Å². The van der Waals surface area contributed by atoms with Gasteiger partial charge in [0, 0.05) is 22.7 Å². The maximum absolute atomic E-state index is 13.3. The summed E-state index contributed by atoms with van der Waals surface area (Å²) in [5.41, 5.74) is 3.41. The molecule has 0 bridgehead atoms. The number of halogens is 3. The number of likely N-dealkylation sites (tertiary alicyclic amines) is 1. The molecule has 0 aromatic heterocycles. The van der Waals surface area contributed by atoms with Gasteiger partial charge in [-0.15, -0.1) is 0 Å². The molecule has 1 amide bonds. The van der Waals surface area contributed by atoms with Gasteiger partial charge in [-0.3, -0.25) is 10.4 Å². The van der Waals surface area contributed by atoms with E-state index >= 15 is 0 Å². The van der Waals surface area contributed by atoms with Gasteiger partial charge in [0.05, 0.1) is 6.04 Å². The minimum absolute atomic E-state index is 0.0636. The molecule has 184 valence electrons. The Bertz CT molecular complexity index is 994. The summed E-state index contributed by atoms with van der Waals surface area (Å²) in [7, 11) is 2.17. The molecule has 4 rings (SSSR count). The van der Waals surface area contributed by atoms with Crippen LogP contribution in [-0.2, 0) is 4.84 Å². The van der Waals surface area contributed by atoms with Gasteiger partial charge in [-0.05, 0) is 88.8 Å². The fourth-order valence-electron chi connectivity index (χ4n) is 3.97. The summed E-state index contributed by atoms with van der Waals surface area (Å²) >= 11 is 5.77. The van der Waals surface area contributed by atoms with Crippen LogP contribution in [0.4, 0.5) is 19.3 Å². The van der Waals surface area contributed by atoms with Gasteiger partial charge in [0.2, 0.25) is 0 Å². The molecule has 34 heavy (non-hydrogen) atoms. The van der Waals surface area contributed by atoms with Crippen LogP contribution in [0.3, 0.4) is 0 Å². The Kier molecular flexibility index (Phi) is 8.82. The number of hydrogen-bond acceptors (Lipinski definition) is 5. The number of aliphatic imine (C=N–C) groups is 1. The summed E-state index contributed by atoms with van der Waals surface area (Å²) < 4.78 is 26.6.